The quantitative estimate of drug-likeness (QED) is 0.781. The lowest BCUT2D eigenvalue weighted by molar-refractivity contribution is 0.440. The van der Waals surface area contributed by atoms with E-state index in [1.54, 1.807) is 30.3 Å². The van der Waals surface area contributed by atoms with Crippen molar-refractivity contribution >= 4 is 31.8 Å². The van der Waals surface area contributed by atoms with Gasteiger partial charge < -0.3 is 4.90 Å². The molecule has 0 bridgehead atoms. The van der Waals surface area contributed by atoms with Gasteiger partial charge in [-0.05, 0) is 25.0 Å². The van der Waals surface area contributed by atoms with Gasteiger partial charge in [0.1, 0.15) is 5.84 Å². The van der Waals surface area contributed by atoms with Crippen molar-refractivity contribution in [3.05, 3.63) is 30.3 Å². The Hall–Kier alpha value is -0.880. The molecule has 2 rings (SSSR count). The van der Waals surface area contributed by atoms with Crippen LogP contribution in [0.2, 0.25) is 0 Å². The van der Waals surface area contributed by atoms with E-state index in [0.29, 0.717) is 5.84 Å². The normalized spacial score (nSPS) is 23.3. The lowest BCUT2D eigenvalue weighted by Crippen LogP contribution is -2.39. The number of rotatable bonds is 2. The summed E-state index contributed by atoms with van der Waals surface area (Å²) in [6.45, 7) is 0.839. The number of likely N-dealkylation sites (tertiary alicyclic amines) is 1. The number of nitrogens with zero attached hydrogens (tertiary/aromatic N) is 2. The molecule has 1 aliphatic heterocycles. The summed E-state index contributed by atoms with van der Waals surface area (Å²) >= 11 is 3.48. The third-order valence-corrected chi connectivity index (χ3v) is 5.04. The Kier molecular flexibility index (Phi) is 4.07. The van der Waals surface area contributed by atoms with Crippen molar-refractivity contribution in [2.24, 2.45) is 4.40 Å². The molecule has 0 saturated carbocycles. The van der Waals surface area contributed by atoms with Gasteiger partial charge in [0.15, 0.2) is 0 Å². The number of hydrogen-bond acceptors (Lipinski definition) is 2. The lowest BCUT2D eigenvalue weighted by Gasteiger charge is -2.29. The maximum Gasteiger partial charge on any atom is 0.283 e. The first kappa shape index (κ1) is 13.5. The van der Waals surface area contributed by atoms with Crippen molar-refractivity contribution in [1.29, 1.82) is 0 Å². The Bertz CT molecular complexity index is 530. The molecule has 1 aromatic rings. The summed E-state index contributed by atoms with van der Waals surface area (Å²) in [6.07, 6.45) is 1.95. The van der Waals surface area contributed by atoms with Gasteiger partial charge in [-0.3, -0.25) is 0 Å². The molecule has 0 spiro atoms. The van der Waals surface area contributed by atoms with Crippen molar-refractivity contribution in [2.75, 3.05) is 13.6 Å². The Morgan fingerprint density at radius 3 is 2.61 bits per heavy atom. The fraction of sp³-hybridized carbons (Fsp3) is 0.417. The summed E-state index contributed by atoms with van der Waals surface area (Å²) in [7, 11) is -1.74. The minimum atomic E-state index is -3.61. The van der Waals surface area contributed by atoms with E-state index in [1.807, 2.05) is 11.9 Å². The lowest BCUT2D eigenvalue weighted by atomic mass is 10.1. The fourth-order valence-electron chi connectivity index (χ4n) is 1.89. The topological polar surface area (TPSA) is 49.7 Å². The Morgan fingerprint density at radius 2 is 2.00 bits per heavy atom. The minimum Gasteiger partial charge on any atom is -0.361 e. The molecule has 4 nitrogen and oxygen atoms in total. The van der Waals surface area contributed by atoms with E-state index in [0.717, 1.165) is 19.4 Å². The van der Waals surface area contributed by atoms with Gasteiger partial charge in [-0.2, -0.15) is 8.42 Å². The number of hydrogen-bond donors (Lipinski definition) is 0. The van der Waals surface area contributed by atoms with Crippen LogP contribution in [-0.4, -0.2) is 37.6 Å². The van der Waals surface area contributed by atoms with Gasteiger partial charge >= 0.3 is 0 Å². The third-order valence-electron chi connectivity index (χ3n) is 2.88. The van der Waals surface area contributed by atoms with E-state index in [4.69, 9.17) is 0 Å². The average Bonchev–Trinajstić information content (AvgIpc) is 2.35. The molecule has 1 aromatic carbocycles. The van der Waals surface area contributed by atoms with Crippen LogP contribution >= 0.6 is 15.9 Å². The van der Waals surface area contributed by atoms with Crippen LogP contribution in [0.3, 0.4) is 0 Å². The standard InChI is InChI=1S/C12H15BrN2O2S/c1-15-9-5-8-11(13)12(15)14-18(16,17)10-6-3-2-4-7-10/h2-4,6-7,11H,5,8-9H2,1H3/b14-12+. The summed E-state index contributed by atoms with van der Waals surface area (Å²) < 4.78 is 28.3. The van der Waals surface area contributed by atoms with Crippen molar-refractivity contribution < 1.29 is 8.42 Å². The number of sulfonamides is 1. The van der Waals surface area contributed by atoms with Crippen molar-refractivity contribution in [2.45, 2.75) is 22.6 Å². The van der Waals surface area contributed by atoms with Gasteiger partial charge in [0, 0.05) is 13.6 Å². The highest BCUT2D eigenvalue weighted by Crippen LogP contribution is 2.21. The first-order valence-corrected chi connectivity index (χ1v) is 8.11. The minimum absolute atomic E-state index is 0.00902. The number of amidine groups is 1. The first-order chi connectivity index (χ1) is 8.50. The molecular weight excluding hydrogens is 316 g/mol. The predicted molar refractivity (Wildman–Crippen MR) is 75.6 cm³/mol. The number of halogens is 1. The van der Waals surface area contributed by atoms with E-state index >= 15 is 0 Å². The summed E-state index contributed by atoms with van der Waals surface area (Å²) in [5, 5.41) is 0. The molecular formula is C12H15BrN2O2S. The average molecular weight is 331 g/mol. The highest BCUT2D eigenvalue weighted by molar-refractivity contribution is 9.10. The van der Waals surface area contributed by atoms with Crippen LogP contribution in [0.25, 0.3) is 0 Å². The maximum atomic E-state index is 12.2. The molecule has 0 aromatic heterocycles. The zero-order valence-corrected chi connectivity index (χ0v) is 12.5. The zero-order valence-electron chi connectivity index (χ0n) is 10.1. The number of piperidine rings is 1. The van der Waals surface area contributed by atoms with Crippen molar-refractivity contribution in [3.63, 3.8) is 0 Å². The molecule has 0 N–H and O–H groups in total. The summed E-state index contributed by atoms with van der Waals surface area (Å²) in [5.74, 6) is 0.588. The monoisotopic (exact) mass is 330 g/mol. The summed E-state index contributed by atoms with van der Waals surface area (Å²) in [5.41, 5.74) is 0. The van der Waals surface area contributed by atoms with Crippen LogP contribution in [0.5, 0.6) is 0 Å². The molecule has 1 heterocycles. The second kappa shape index (κ2) is 5.40. The van der Waals surface area contributed by atoms with Gasteiger partial charge in [0.05, 0.1) is 9.72 Å². The maximum absolute atomic E-state index is 12.2. The van der Waals surface area contributed by atoms with E-state index in [-0.39, 0.29) is 9.72 Å². The molecule has 1 aliphatic rings. The van der Waals surface area contributed by atoms with Gasteiger partial charge in [0.2, 0.25) is 0 Å². The highest BCUT2D eigenvalue weighted by Gasteiger charge is 2.25. The van der Waals surface area contributed by atoms with Crippen LogP contribution in [0.4, 0.5) is 0 Å². The molecule has 1 saturated heterocycles. The van der Waals surface area contributed by atoms with Gasteiger partial charge in [-0.1, -0.05) is 34.1 Å². The smallest absolute Gasteiger partial charge is 0.283 e. The Labute approximate surface area is 116 Å². The summed E-state index contributed by atoms with van der Waals surface area (Å²) in [6, 6.07) is 8.30. The molecule has 1 fully saturated rings. The van der Waals surface area contributed by atoms with Crippen LogP contribution in [0.1, 0.15) is 12.8 Å². The first-order valence-electron chi connectivity index (χ1n) is 5.76. The highest BCUT2D eigenvalue weighted by atomic mass is 79.9. The van der Waals surface area contributed by atoms with E-state index in [2.05, 4.69) is 20.3 Å². The van der Waals surface area contributed by atoms with E-state index in [1.165, 1.54) is 0 Å². The second-order valence-corrected chi connectivity index (χ2v) is 6.98. The second-order valence-electron chi connectivity index (χ2n) is 4.27. The van der Waals surface area contributed by atoms with Crippen LogP contribution in [-0.2, 0) is 10.0 Å². The molecule has 1 unspecified atom stereocenters. The molecule has 18 heavy (non-hydrogen) atoms. The molecule has 0 aliphatic carbocycles. The van der Waals surface area contributed by atoms with Crippen LogP contribution < -0.4 is 0 Å². The van der Waals surface area contributed by atoms with Gasteiger partial charge in [-0.15, -0.1) is 4.40 Å². The number of alkyl halides is 1. The third kappa shape index (κ3) is 2.92. The van der Waals surface area contributed by atoms with Crippen LogP contribution in [0.15, 0.2) is 39.6 Å². The molecule has 6 heteroatoms. The fourth-order valence-corrected chi connectivity index (χ4v) is 3.92. The molecule has 0 radical (unpaired) electrons. The van der Waals surface area contributed by atoms with Crippen molar-refractivity contribution in [3.8, 4) is 0 Å². The van der Waals surface area contributed by atoms with E-state index in [9.17, 15) is 8.42 Å². The predicted octanol–water partition coefficient (Wildman–Crippen LogP) is 2.26. The SMILES string of the molecule is CN1CCCC(Br)/C1=N\S(=O)(=O)c1ccccc1. The van der Waals surface area contributed by atoms with Crippen LogP contribution in [0, 0.1) is 0 Å². The van der Waals surface area contributed by atoms with Gasteiger partial charge in [0.25, 0.3) is 10.0 Å². The number of benzene rings is 1. The van der Waals surface area contributed by atoms with E-state index < -0.39 is 10.0 Å². The molecule has 98 valence electrons. The molecule has 1 atom stereocenters. The Morgan fingerprint density at radius 1 is 1.33 bits per heavy atom. The Balaban J connectivity index is 2.37. The molecule has 0 amide bonds. The zero-order chi connectivity index (χ0) is 13.2. The largest absolute Gasteiger partial charge is 0.361 e. The van der Waals surface area contributed by atoms with Gasteiger partial charge in [-0.25, -0.2) is 0 Å². The van der Waals surface area contributed by atoms with Crippen molar-refractivity contribution in [1.82, 2.24) is 4.90 Å². The summed E-state index contributed by atoms with van der Waals surface area (Å²) in [4.78, 5) is 2.13.